The van der Waals surface area contributed by atoms with E-state index in [9.17, 15) is 4.79 Å². The molecule has 76 valence electrons. The van der Waals surface area contributed by atoms with Gasteiger partial charge in [0.2, 0.25) is 0 Å². The van der Waals surface area contributed by atoms with Crippen LogP contribution in [-0.2, 0) is 4.79 Å². The molecule has 0 spiro atoms. The van der Waals surface area contributed by atoms with Crippen molar-refractivity contribution in [3.63, 3.8) is 0 Å². The predicted octanol–water partition coefficient (Wildman–Crippen LogP) is 3.12. The lowest BCUT2D eigenvalue weighted by Gasteiger charge is -1.98. The van der Waals surface area contributed by atoms with Crippen LogP contribution in [0, 0.1) is 6.92 Å². The Kier molecular flexibility index (Phi) is 6.12. The van der Waals surface area contributed by atoms with Crippen LogP contribution in [0.2, 0.25) is 0 Å². The molecule has 0 radical (unpaired) electrons. The van der Waals surface area contributed by atoms with E-state index in [1.807, 2.05) is 32.9 Å². The smallest absolute Gasteiger partial charge is 0.153 e. The van der Waals surface area contributed by atoms with E-state index in [4.69, 9.17) is 5.11 Å². The number of aliphatic hydroxyl groups is 1. The molecule has 0 unspecified atom stereocenters. The van der Waals surface area contributed by atoms with Gasteiger partial charge < -0.3 is 5.11 Å². The number of aldehydes is 1. The number of rotatable bonds is 2. The van der Waals surface area contributed by atoms with Crippen molar-refractivity contribution in [1.29, 1.82) is 0 Å². The molecule has 2 nitrogen and oxygen atoms in total. The van der Waals surface area contributed by atoms with E-state index in [1.165, 1.54) is 0 Å². The van der Waals surface area contributed by atoms with Crippen molar-refractivity contribution >= 4 is 11.9 Å². The van der Waals surface area contributed by atoms with Crippen LogP contribution in [0.3, 0.4) is 0 Å². The van der Waals surface area contributed by atoms with Crippen molar-refractivity contribution in [2.24, 2.45) is 0 Å². The molecule has 1 N–H and O–H groups in total. The molecule has 0 saturated carbocycles. The summed E-state index contributed by atoms with van der Waals surface area (Å²) in [6.07, 6.45) is 1.45. The first-order chi connectivity index (χ1) is 6.77. The van der Waals surface area contributed by atoms with Gasteiger partial charge >= 0.3 is 0 Å². The summed E-state index contributed by atoms with van der Waals surface area (Å²) in [5, 5.41) is 8.66. The van der Waals surface area contributed by atoms with Gasteiger partial charge in [0.25, 0.3) is 0 Å². The first kappa shape index (κ1) is 12.4. The highest BCUT2D eigenvalue weighted by molar-refractivity contribution is 6.06. The monoisotopic (exact) mass is 192 g/mol. The number of carbonyl (C=O) groups excluding carboxylic acids is 1. The van der Waals surface area contributed by atoms with E-state index in [0.29, 0.717) is 11.9 Å². The standard InChI is InChI=1S/C10H10O2.C2H6/c1-8-2-4-9(5-3-8)10(6-11)7-12;1-2/h2-7,11H,1H3;1-2H3/b10-6+;. The first-order valence-corrected chi connectivity index (χ1v) is 4.64. The fourth-order valence-electron chi connectivity index (χ4n) is 0.919. The van der Waals surface area contributed by atoms with E-state index in [0.717, 1.165) is 17.4 Å². The number of carbonyl (C=O) groups is 1. The number of aryl methyl sites for hydroxylation is 1. The second kappa shape index (κ2) is 6.89. The summed E-state index contributed by atoms with van der Waals surface area (Å²) in [6.45, 7) is 5.97. The molecule has 0 fully saturated rings. The molecule has 0 aliphatic carbocycles. The third-order valence-corrected chi connectivity index (χ3v) is 1.65. The summed E-state index contributed by atoms with van der Waals surface area (Å²) in [4.78, 5) is 10.4. The number of hydrogen-bond donors (Lipinski definition) is 1. The van der Waals surface area contributed by atoms with E-state index in [-0.39, 0.29) is 0 Å². The van der Waals surface area contributed by atoms with Gasteiger partial charge in [-0.2, -0.15) is 0 Å². The normalized spacial score (nSPS) is 10.1. The van der Waals surface area contributed by atoms with Crippen LogP contribution in [0.5, 0.6) is 0 Å². The molecule has 0 bridgehead atoms. The first-order valence-electron chi connectivity index (χ1n) is 4.64. The molecular formula is C12H16O2. The van der Waals surface area contributed by atoms with Gasteiger partial charge in [-0.25, -0.2) is 0 Å². The molecular weight excluding hydrogens is 176 g/mol. The van der Waals surface area contributed by atoms with E-state index >= 15 is 0 Å². The summed E-state index contributed by atoms with van der Waals surface area (Å²) >= 11 is 0. The molecule has 14 heavy (non-hydrogen) atoms. The van der Waals surface area contributed by atoms with Gasteiger partial charge in [0.15, 0.2) is 6.29 Å². The minimum Gasteiger partial charge on any atom is -0.515 e. The Morgan fingerprint density at radius 3 is 2.07 bits per heavy atom. The molecule has 2 heteroatoms. The average molecular weight is 192 g/mol. The lowest BCUT2D eigenvalue weighted by Crippen LogP contribution is -1.85. The zero-order chi connectivity index (χ0) is 11.0. The number of allylic oxidation sites excluding steroid dienone is 1. The third kappa shape index (κ3) is 3.44. The number of hydrogen-bond acceptors (Lipinski definition) is 2. The van der Waals surface area contributed by atoms with E-state index in [1.54, 1.807) is 12.1 Å². The lowest BCUT2D eigenvalue weighted by molar-refractivity contribution is -0.103. The zero-order valence-corrected chi connectivity index (χ0v) is 8.82. The fraction of sp³-hybridized carbons (Fsp3) is 0.250. The highest BCUT2D eigenvalue weighted by atomic mass is 16.2. The van der Waals surface area contributed by atoms with Crippen molar-refractivity contribution in [2.75, 3.05) is 0 Å². The van der Waals surface area contributed by atoms with Crippen molar-refractivity contribution < 1.29 is 9.90 Å². The van der Waals surface area contributed by atoms with Gasteiger partial charge in [0, 0.05) is 0 Å². The maximum Gasteiger partial charge on any atom is 0.153 e. The van der Waals surface area contributed by atoms with Crippen LogP contribution in [0.15, 0.2) is 30.5 Å². The van der Waals surface area contributed by atoms with Crippen molar-refractivity contribution in [1.82, 2.24) is 0 Å². The molecule has 0 saturated heterocycles. The molecule has 1 aromatic carbocycles. The maximum absolute atomic E-state index is 10.4. The number of aliphatic hydroxyl groups excluding tert-OH is 1. The topological polar surface area (TPSA) is 37.3 Å². The molecule has 1 rings (SSSR count). The Labute approximate surface area is 84.9 Å². The predicted molar refractivity (Wildman–Crippen MR) is 59.2 cm³/mol. The van der Waals surface area contributed by atoms with Crippen LogP contribution in [0.4, 0.5) is 0 Å². The third-order valence-electron chi connectivity index (χ3n) is 1.65. The highest BCUT2D eigenvalue weighted by Crippen LogP contribution is 2.11. The van der Waals surface area contributed by atoms with Gasteiger partial charge in [-0.3, -0.25) is 4.79 Å². The van der Waals surface area contributed by atoms with Crippen LogP contribution in [-0.4, -0.2) is 11.4 Å². The minimum absolute atomic E-state index is 0.301. The second-order valence-corrected chi connectivity index (χ2v) is 2.57. The van der Waals surface area contributed by atoms with Gasteiger partial charge in [0.05, 0.1) is 11.8 Å². The van der Waals surface area contributed by atoms with Crippen molar-refractivity contribution in [3.05, 3.63) is 41.7 Å². The molecule has 1 aromatic rings. The maximum atomic E-state index is 10.4. The lowest BCUT2D eigenvalue weighted by atomic mass is 10.1. The summed E-state index contributed by atoms with van der Waals surface area (Å²) in [5.41, 5.74) is 2.16. The van der Waals surface area contributed by atoms with Crippen molar-refractivity contribution in [2.45, 2.75) is 20.8 Å². The zero-order valence-electron chi connectivity index (χ0n) is 8.82. The summed E-state index contributed by atoms with van der Waals surface area (Å²) < 4.78 is 0. The Bertz CT molecular complexity index is 297. The summed E-state index contributed by atoms with van der Waals surface area (Å²) in [7, 11) is 0. The minimum atomic E-state index is 0.301. The van der Waals surface area contributed by atoms with Gasteiger partial charge in [-0.1, -0.05) is 43.7 Å². The van der Waals surface area contributed by atoms with E-state index < -0.39 is 0 Å². The Hall–Kier alpha value is -1.57. The molecule has 0 amide bonds. The number of benzene rings is 1. The largest absolute Gasteiger partial charge is 0.515 e. The molecule has 0 aliphatic rings. The van der Waals surface area contributed by atoms with Crippen LogP contribution >= 0.6 is 0 Å². The fourth-order valence-corrected chi connectivity index (χ4v) is 0.919. The highest BCUT2D eigenvalue weighted by Gasteiger charge is 1.97. The molecule has 0 heterocycles. The van der Waals surface area contributed by atoms with Gasteiger partial charge in [0.1, 0.15) is 0 Å². The van der Waals surface area contributed by atoms with Crippen LogP contribution in [0.1, 0.15) is 25.0 Å². The quantitative estimate of drug-likeness (QED) is 0.444. The summed E-state index contributed by atoms with van der Waals surface area (Å²) in [6, 6.07) is 7.38. The Morgan fingerprint density at radius 2 is 1.71 bits per heavy atom. The molecule has 0 atom stereocenters. The average Bonchev–Trinajstić information content (AvgIpc) is 2.25. The summed E-state index contributed by atoms with van der Waals surface area (Å²) in [5.74, 6) is 0. The van der Waals surface area contributed by atoms with Gasteiger partial charge in [-0.15, -0.1) is 0 Å². The van der Waals surface area contributed by atoms with Crippen molar-refractivity contribution in [3.8, 4) is 0 Å². The van der Waals surface area contributed by atoms with Gasteiger partial charge in [-0.05, 0) is 12.5 Å². The Morgan fingerprint density at radius 1 is 1.21 bits per heavy atom. The Balaban J connectivity index is 0.000000791. The van der Waals surface area contributed by atoms with E-state index in [2.05, 4.69) is 0 Å². The van der Waals surface area contributed by atoms with Crippen LogP contribution in [0.25, 0.3) is 5.57 Å². The SMILES string of the molecule is CC.Cc1ccc(/C(C=O)=C/O)cc1. The van der Waals surface area contributed by atoms with Crippen LogP contribution < -0.4 is 0 Å². The molecule has 0 aromatic heterocycles. The second-order valence-electron chi connectivity index (χ2n) is 2.57. The molecule has 0 aliphatic heterocycles.